The van der Waals surface area contributed by atoms with Gasteiger partial charge in [0.25, 0.3) is 0 Å². The molecular formula is C12H24O2. The second kappa shape index (κ2) is 7.98. The van der Waals surface area contributed by atoms with Crippen LogP contribution in [0.5, 0.6) is 0 Å². The zero-order valence-electron chi connectivity index (χ0n) is 10.0. The lowest BCUT2D eigenvalue weighted by molar-refractivity contribution is -0.124. The van der Waals surface area contributed by atoms with Gasteiger partial charge in [0.05, 0.1) is 6.10 Å². The van der Waals surface area contributed by atoms with E-state index in [1.807, 2.05) is 20.8 Å². The number of rotatable bonds is 3. The fraction of sp³-hybridized carbons (Fsp3) is 0.917. The van der Waals surface area contributed by atoms with Gasteiger partial charge in [-0.3, -0.25) is 4.79 Å². The van der Waals surface area contributed by atoms with Crippen molar-refractivity contribution in [2.75, 3.05) is 7.11 Å². The third-order valence-electron chi connectivity index (χ3n) is 2.81. The minimum Gasteiger partial charge on any atom is -0.381 e. The molecule has 1 fully saturated rings. The van der Waals surface area contributed by atoms with Crippen molar-refractivity contribution in [1.29, 1.82) is 0 Å². The van der Waals surface area contributed by atoms with Gasteiger partial charge >= 0.3 is 0 Å². The van der Waals surface area contributed by atoms with Crippen molar-refractivity contribution in [3.8, 4) is 0 Å². The van der Waals surface area contributed by atoms with Crippen molar-refractivity contribution >= 4 is 5.78 Å². The average Bonchev–Trinajstić information content (AvgIpc) is 2.31. The van der Waals surface area contributed by atoms with E-state index in [4.69, 9.17) is 4.74 Å². The van der Waals surface area contributed by atoms with Crippen molar-refractivity contribution < 1.29 is 9.53 Å². The zero-order chi connectivity index (χ0) is 11.0. The van der Waals surface area contributed by atoms with Gasteiger partial charge in [-0.2, -0.15) is 0 Å². The van der Waals surface area contributed by atoms with E-state index >= 15 is 0 Å². The molecule has 14 heavy (non-hydrogen) atoms. The number of ketones is 1. The number of hydrogen-bond acceptors (Lipinski definition) is 2. The Hall–Kier alpha value is -0.370. The van der Waals surface area contributed by atoms with E-state index < -0.39 is 0 Å². The first-order valence-corrected chi connectivity index (χ1v) is 5.83. The summed E-state index contributed by atoms with van der Waals surface area (Å²) >= 11 is 0. The topological polar surface area (TPSA) is 26.3 Å². The average molecular weight is 200 g/mol. The van der Waals surface area contributed by atoms with Crippen molar-refractivity contribution in [2.24, 2.45) is 5.92 Å². The molecule has 1 aliphatic carbocycles. The van der Waals surface area contributed by atoms with Gasteiger partial charge in [-0.1, -0.05) is 20.8 Å². The molecule has 0 heterocycles. The molecule has 84 valence electrons. The highest BCUT2D eigenvalue weighted by Crippen LogP contribution is 2.26. The van der Waals surface area contributed by atoms with E-state index in [9.17, 15) is 4.79 Å². The summed E-state index contributed by atoms with van der Waals surface area (Å²) in [4.78, 5) is 11.3. The molecule has 0 unspecified atom stereocenters. The smallest absolute Gasteiger partial charge is 0.135 e. The summed E-state index contributed by atoms with van der Waals surface area (Å²) in [5, 5.41) is 0. The summed E-state index contributed by atoms with van der Waals surface area (Å²) in [7, 11) is 1.76. The predicted octanol–water partition coefficient (Wildman–Crippen LogP) is 3.20. The fourth-order valence-corrected chi connectivity index (χ4v) is 1.91. The molecule has 0 atom stereocenters. The molecule has 1 rings (SSSR count). The van der Waals surface area contributed by atoms with E-state index in [-0.39, 0.29) is 0 Å². The van der Waals surface area contributed by atoms with Gasteiger partial charge < -0.3 is 4.74 Å². The minimum absolute atomic E-state index is 0.335. The molecule has 1 saturated carbocycles. The molecule has 2 nitrogen and oxygen atoms in total. The maximum Gasteiger partial charge on any atom is 0.135 e. The molecule has 1 aliphatic rings. The molecule has 0 N–H and O–H groups in total. The number of methoxy groups -OCH3 is 1. The molecule has 0 aromatic carbocycles. The van der Waals surface area contributed by atoms with Crippen LogP contribution in [-0.4, -0.2) is 19.0 Å². The number of carbonyl (C=O) groups is 1. The fourth-order valence-electron chi connectivity index (χ4n) is 1.91. The maximum absolute atomic E-state index is 11.3. The van der Waals surface area contributed by atoms with Crippen LogP contribution in [0.15, 0.2) is 0 Å². The van der Waals surface area contributed by atoms with Crippen LogP contribution in [0.2, 0.25) is 0 Å². The first-order chi connectivity index (χ1) is 6.77. The van der Waals surface area contributed by atoms with Crippen LogP contribution in [0.1, 0.15) is 52.9 Å². The highest BCUT2D eigenvalue weighted by Gasteiger charge is 2.24. The molecular weight excluding hydrogens is 176 g/mol. The number of Topliss-reactive ketones (excluding diaryl/α,β-unsaturated/α-hetero) is 1. The minimum atomic E-state index is 0.335. The van der Waals surface area contributed by atoms with E-state index in [0.29, 0.717) is 24.2 Å². The van der Waals surface area contributed by atoms with Gasteiger partial charge in [0.2, 0.25) is 0 Å². The van der Waals surface area contributed by atoms with Crippen LogP contribution < -0.4 is 0 Å². The Morgan fingerprint density at radius 1 is 1.21 bits per heavy atom. The van der Waals surface area contributed by atoms with Crippen LogP contribution in [0.3, 0.4) is 0 Å². The van der Waals surface area contributed by atoms with Gasteiger partial charge in [-0.05, 0) is 25.7 Å². The molecule has 0 aromatic heterocycles. The summed E-state index contributed by atoms with van der Waals surface area (Å²) < 4.78 is 5.24. The first kappa shape index (κ1) is 13.6. The van der Waals surface area contributed by atoms with Crippen LogP contribution in [-0.2, 0) is 9.53 Å². The summed E-state index contributed by atoms with van der Waals surface area (Å²) in [5.74, 6) is 0.769. The van der Waals surface area contributed by atoms with Gasteiger partial charge in [-0.15, -0.1) is 0 Å². The third kappa shape index (κ3) is 4.23. The molecule has 0 spiro atoms. The quantitative estimate of drug-likeness (QED) is 0.699. The normalized spacial score (nSPS) is 26.3. The molecule has 0 aromatic rings. The number of carbonyl (C=O) groups excluding carboxylic acids is 1. The van der Waals surface area contributed by atoms with E-state index in [2.05, 4.69) is 0 Å². The second-order valence-corrected chi connectivity index (χ2v) is 3.53. The zero-order valence-corrected chi connectivity index (χ0v) is 10.0. The van der Waals surface area contributed by atoms with Crippen molar-refractivity contribution in [3.05, 3.63) is 0 Å². The predicted molar refractivity (Wildman–Crippen MR) is 59.4 cm³/mol. The second-order valence-electron chi connectivity index (χ2n) is 3.53. The van der Waals surface area contributed by atoms with Gasteiger partial charge in [-0.25, -0.2) is 0 Å². The van der Waals surface area contributed by atoms with E-state index in [1.165, 1.54) is 0 Å². The Morgan fingerprint density at radius 3 is 2.07 bits per heavy atom. The number of hydrogen-bond donors (Lipinski definition) is 0. The Labute approximate surface area is 88.0 Å². The summed E-state index contributed by atoms with van der Waals surface area (Å²) in [6, 6.07) is 0. The van der Waals surface area contributed by atoms with Gasteiger partial charge in [0, 0.05) is 19.4 Å². The molecule has 0 amide bonds. The highest BCUT2D eigenvalue weighted by molar-refractivity contribution is 5.80. The summed E-state index contributed by atoms with van der Waals surface area (Å²) in [6.07, 6.45) is 5.30. The molecule has 0 radical (unpaired) electrons. The number of ether oxygens (including phenoxy) is 1. The van der Waals surface area contributed by atoms with Crippen molar-refractivity contribution in [1.82, 2.24) is 0 Å². The Bertz CT molecular complexity index is 146. The molecule has 0 aliphatic heterocycles. The lowest BCUT2D eigenvalue weighted by Gasteiger charge is -2.26. The van der Waals surface area contributed by atoms with Crippen LogP contribution >= 0.6 is 0 Å². The van der Waals surface area contributed by atoms with E-state index in [1.54, 1.807) is 7.11 Å². The SMILES string of the molecule is CC.CCC(=O)C1CCC(OC)CC1. The Morgan fingerprint density at radius 2 is 1.71 bits per heavy atom. The lowest BCUT2D eigenvalue weighted by atomic mass is 9.84. The van der Waals surface area contributed by atoms with Gasteiger partial charge in [0.1, 0.15) is 5.78 Å². The largest absolute Gasteiger partial charge is 0.381 e. The van der Waals surface area contributed by atoms with Crippen LogP contribution in [0.4, 0.5) is 0 Å². The highest BCUT2D eigenvalue weighted by atomic mass is 16.5. The molecule has 0 saturated heterocycles. The van der Waals surface area contributed by atoms with Crippen LogP contribution in [0, 0.1) is 5.92 Å². The third-order valence-corrected chi connectivity index (χ3v) is 2.81. The van der Waals surface area contributed by atoms with E-state index in [0.717, 1.165) is 25.7 Å². The lowest BCUT2D eigenvalue weighted by Crippen LogP contribution is -2.25. The van der Waals surface area contributed by atoms with Crippen LogP contribution in [0.25, 0.3) is 0 Å². The van der Waals surface area contributed by atoms with Gasteiger partial charge in [0.15, 0.2) is 0 Å². The Kier molecular flexibility index (Phi) is 7.77. The maximum atomic E-state index is 11.3. The summed E-state index contributed by atoms with van der Waals surface area (Å²) in [5.41, 5.74) is 0. The molecule has 0 bridgehead atoms. The molecule has 2 heteroatoms. The monoisotopic (exact) mass is 200 g/mol. The van der Waals surface area contributed by atoms with Crippen molar-refractivity contribution in [3.63, 3.8) is 0 Å². The standard InChI is InChI=1S/C10H18O2.C2H6/c1-3-10(11)8-4-6-9(12-2)7-5-8;1-2/h8-9H,3-7H2,1-2H3;1-2H3. The summed E-state index contributed by atoms with van der Waals surface area (Å²) in [6.45, 7) is 5.95. The van der Waals surface area contributed by atoms with Crippen molar-refractivity contribution in [2.45, 2.75) is 59.0 Å². The first-order valence-electron chi connectivity index (χ1n) is 5.83. The Balaban J connectivity index is 0.000000791.